The summed E-state index contributed by atoms with van der Waals surface area (Å²) in [5, 5.41) is 4.15. The number of nitrogens with two attached hydrogens (primary N) is 1. The Morgan fingerprint density at radius 1 is 1.24 bits per heavy atom. The zero-order valence-electron chi connectivity index (χ0n) is 14.2. The molecule has 1 amide bonds. The molecule has 0 saturated heterocycles. The Balaban J connectivity index is 0.00000225. The molecule has 3 rings (SSSR count). The van der Waals surface area contributed by atoms with Crippen LogP contribution in [0.25, 0.3) is 16.6 Å². The van der Waals surface area contributed by atoms with Crippen molar-refractivity contribution in [1.29, 1.82) is 0 Å². The van der Waals surface area contributed by atoms with Crippen LogP contribution in [-0.2, 0) is 4.74 Å². The third kappa shape index (κ3) is 4.00. The summed E-state index contributed by atoms with van der Waals surface area (Å²) in [6.07, 6.45) is 4.62. The monoisotopic (exact) mass is 361 g/mol. The predicted molar refractivity (Wildman–Crippen MR) is 100 cm³/mol. The summed E-state index contributed by atoms with van der Waals surface area (Å²) in [6.45, 7) is 3.62. The molecular formula is C17H20ClN5O2. The number of ether oxygens (including phenoxy) is 1. The minimum absolute atomic E-state index is 0. The maximum atomic E-state index is 12.0. The lowest BCUT2D eigenvalue weighted by Gasteiger charge is -2.19. The number of anilines is 2. The van der Waals surface area contributed by atoms with Crippen molar-refractivity contribution in [3.63, 3.8) is 0 Å². The van der Waals surface area contributed by atoms with Crippen LogP contribution in [0.1, 0.15) is 13.8 Å². The first-order valence-corrected chi connectivity index (χ1v) is 7.58. The van der Waals surface area contributed by atoms with Gasteiger partial charge in [0.1, 0.15) is 5.82 Å². The van der Waals surface area contributed by atoms with Gasteiger partial charge < -0.3 is 10.5 Å². The van der Waals surface area contributed by atoms with Crippen molar-refractivity contribution < 1.29 is 9.53 Å². The van der Waals surface area contributed by atoms with Crippen molar-refractivity contribution in [3.05, 3.63) is 42.9 Å². The molecule has 132 valence electrons. The summed E-state index contributed by atoms with van der Waals surface area (Å²) in [4.78, 5) is 17.7. The Morgan fingerprint density at radius 2 is 2.00 bits per heavy atom. The number of halogens is 1. The Labute approximate surface area is 151 Å². The van der Waals surface area contributed by atoms with Gasteiger partial charge in [-0.25, -0.2) is 9.31 Å². The number of hydrogen-bond acceptors (Lipinski definition) is 5. The molecule has 25 heavy (non-hydrogen) atoms. The van der Waals surface area contributed by atoms with E-state index in [-0.39, 0.29) is 18.5 Å². The predicted octanol–water partition coefficient (Wildman–Crippen LogP) is 3.38. The van der Waals surface area contributed by atoms with Crippen molar-refractivity contribution in [2.75, 3.05) is 17.7 Å². The van der Waals surface area contributed by atoms with E-state index in [4.69, 9.17) is 10.5 Å². The van der Waals surface area contributed by atoms with Gasteiger partial charge in [-0.1, -0.05) is 0 Å². The van der Waals surface area contributed by atoms with E-state index < -0.39 is 6.09 Å². The van der Waals surface area contributed by atoms with Crippen LogP contribution in [0.15, 0.2) is 42.9 Å². The molecule has 0 aliphatic heterocycles. The molecule has 0 atom stereocenters. The maximum absolute atomic E-state index is 12.0. The number of nitrogen functional groups attached to an aromatic ring is 1. The summed E-state index contributed by atoms with van der Waals surface area (Å²) < 4.78 is 6.92. The second kappa shape index (κ2) is 7.40. The summed E-state index contributed by atoms with van der Waals surface area (Å²) in [5.74, 6) is 0.468. The van der Waals surface area contributed by atoms with E-state index in [0.717, 1.165) is 16.6 Å². The molecule has 7 nitrogen and oxygen atoms in total. The summed E-state index contributed by atoms with van der Waals surface area (Å²) in [5.41, 5.74) is 9.11. The highest BCUT2D eigenvalue weighted by atomic mass is 35.5. The second-order valence-corrected chi connectivity index (χ2v) is 5.78. The summed E-state index contributed by atoms with van der Waals surface area (Å²) in [7, 11) is 1.66. The number of pyridine rings is 2. The van der Waals surface area contributed by atoms with Gasteiger partial charge in [0.15, 0.2) is 0 Å². The first kappa shape index (κ1) is 18.5. The molecule has 0 aromatic carbocycles. The number of aromatic nitrogens is 3. The molecule has 0 fully saturated rings. The van der Waals surface area contributed by atoms with Crippen LogP contribution >= 0.6 is 12.4 Å². The molecule has 0 aliphatic rings. The van der Waals surface area contributed by atoms with Gasteiger partial charge in [0.05, 0.1) is 23.5 Å². The molecule has 3 heterocycles. The van der Waals surface area contributed by atoms with Gasteiger partial charge in [-0.15, -0.1) is 12.4 Å². The van der Waals surface area contributed by atoms with Gasteiger partial charge in [-0.3, -0.25) is 9.88 Å². The standard InChI is InChI=1S/C17H19N5O2.ClH/c1-11(2)24-17(23)21(3)15-7-13(9-19-10-15)12-4-5-22-14(6-12)8-16(18)20-22;/h4-11H,1-3H3,(H2,18,20);1H. The number of nitrogens with zero attached hydrogens (tertiary/aromatic N) is 4. The van der Waals surface area contributed by atoms with Crippen LogP contribution in [0.2, 0.25) is 0 Å². The zero-order valence-corrected chi connectivity index (χ0v) is 15.0. The van der Waals surface area contributed by atoms with Gasteiger partial charge in [-0.2, -0.15) is 5.10 Å². The van der Waals surface area contributed by atoms with Crippen molar-refractivity contribution >= 4 is 35.5 Å². The number of amides is 1. The van der Waals surface area contributed by atoms with E-state index >= 15 is 0 Å². The highest BCUT2D eigenvalue weighted by Gasteiger charge is 2.15. The van der Waals surface area contributed by atoms with Crippen LogP contribution in [0, 0.1) is 0 Å². The Hall–Kier alpha value is -2.80. The number of fused-ring (bicyclic) bond motifs is 1. The van der Waals surface area contributed by atoms with Crippen LogP contribution < -0.4 is 10.6 Å². The van der Waals surface area contributed by atoms with Crippen molar-refractivity contribution in [2.24, 2.45) is 0 Å². The Kier molecular flexibility index (Phi) is 5.48. The Bertz CT molecular complexity index is 894. The third-order valence-electron chi connectivity index (χ3n) is 3.54. The summed E-state index contributed by atoms with van der Waals surface area (Å²) in [6, 6.07) is 7.58. The number of hydrogen-bond donors (Lipinski definition) is 1. The van der Waals surface area contributed by atoms with Crippen molar-refractivity contribution in [2.45, 2.75) is 20.0 Å². The van der Waals surface area contributed by atoms with Gasteiger partial charge >= 0.3 is 6.09 Å². The number of carbonyl (C=O) groups is 1. The van der Waals surface area contributed by atoms with Crippen molar-refractivity contribution in [1.82, 2.24) is 14.6 Å². The normalized spacial score (nSPS) is 10.6. The molecule has 3 aromatic rings. The highest BCUT2D eigenvalue weighted by Crippen LogP contribution is 2.25. The maximum Gasteiger partial charge on any atom is 0.414 e. The molecule has 0 spiro atoms. The Morgan fingerprint density at radius 3 is 2.72 bits per heavy atom. The quantitative estimate of drug-likeness (QED) is 0.772. The van der Waals surface area contributed by atoms with Gasteiger partial charge in [0.2, 0.25) is 0 Å². The van der Waals surface area contributed by atoms with E-state index in [1.807, 2.05) is 38.2 Å². The number of rotatable bonds is 3. The van der Waals surface area contributed by atoms with Crippen molar-refractivity contribution in [3.8, 4) is 11.1 Å². The van der Waals surface area contributed by atoms with Gasteiger partial charge in [-0.05, 0) is 37.6 Å². The minimum atomic E-state index is -0.414. The topological polar surface area (TPSA) is 85.8 Å². The first-order valence-electron chi connectivity index (χ1n) is 7.58. The zero-order chi connectivity index (χ0) is 17.3. The molecule has 8 heteroatoms. The van der Waals surface area contributed by atoms with E-state index in [1.165, 1.54) is 4.90 Å². The first-order chi connectivity index (χ1) is 11.4. The van der Waals surface area contributed by atoms with Gasteiger partial charge in [0.25, 0.3) is 0 Å². The van der Waals surface area contributed by atoms with Crippen LogP contribution in [0.4, 0.5) is 16.3 Å². The molecule has 2 N–H and O–H groups in total. The molecular weight excluding hydrogens is 342 g/mol. The minimum Gasteiger partial charge on any atom is -0.446 e. The lowest BCUT2D eigenvalue weighted by molar-refractivity contribution is 0.124. The van der Waals surface area contributed by atoms with E-state index in [9.17, 15) is 4.79 Å². The van der Waals surface area contributed by atoms with Crippen LogP contribution in [-0.4, -0.2) is 33.8 Å². The molecule has 3 aromatic heterocycles. The lowest BCUT2D eigenvalue weighted by atomic mass is 10.1. The van der Waals surface area contributed by atoms with E-state index in [1.54, 1.807) is 30.0 Å². The smallest absolute Gasteiger partial charge is 0.414 e. The molecule has 0 aliphatic carbocycles. The molecule has 0 unspecified atom stereocenters. The van der Waals surface area contributed by atoms with Crippen LogP contribution in [0.3, 0.4) is 0 Å². The fraction of sp³-hybridized carbons (Fsp3) is 0.235. The highest BCUT2D eigenvalue weighted by molar-refractivity contribution is 5.88. The fourth-order valence-electron chi connectivity index (χ4n) is 2.35. The largest absolute Gasteiger partial charge is 0.446 e. The van der Waals surface area contributed by atoms with E-state index in [2.05, 4.69) is 10.1 Å². The average Bonchev–Trinajstić information content (AvgIpc) is 2.92. The second-order valence-electron chi connectivity index (χ2n) is 5.78. The summed E-state index contributed by atoms with van der Waals surface area (Å²) >= 11 is 0. The third-order valence-corrected chi connectivity index (χ3v) is 3.54. The average molecular weight is 362 g/mol. The van der Waals surface area contributed by atoms with Crippen LogP contribution in [0.5, 0.6) is 0 Å². The molecule has 0 bridgehead atoms. The molecule has 0 radical (unpaired) electrons. The fourth-order valence-corrected chi connectivity index (χ4v) is 2.35. The number of carbonyl (C=O) groups excluding carboxylic acids is 1. The van der Waals surface area contributed by atoms with E-state index in [0.29, 0.717) is 11.5 Å². The lowest BCUT2D eigenvalue weighted by Crippen LogP contribution is -2.29. The molecule has 0 saturated carbocycles. The SMILES string of the molecule is CC(C)OC(=O)N(C)c1cncc(-c2ccn3nc(N)cc3c2)c1.Cl. The van der Waals surface area contributed by atoms with Gasteiger partial charge in [0, 0.05) is 31.1 Å².